The maximum absolute atomic E-state index is 12.8. The Bertz CT molecular complexity index is 957. The van der Waals surface area contributed by atoms with Crippen LogP contribution in [0.15, 0.2) is 48.6 Å². The van der Waals surface area contributed by atoms with Crippen molar-refractivity contribution in [3.05, 3.63) is 54.1 Å². The van der Waals surface area contributed by atoms with Crippen LogP contribution in [0.5, 0.6) is 0 Å². The Morgan fingerprint density at radius 1 is 1.11 bits per heavy atom. The molecule has 0 radical (unpaired) electrons. The summed E-state index contributed by atoms with van der Waals surface area (Å²) in [6.07, 6.45) is -0.614. The van der Waals surface area contributed by atoms with Crippen LogP contribution in [0.1, 0.15) is 39.2 Å². The molecular weight excluding hydrogens is 480 g/mol. The molecule has 0 aromatic heterocycles. The number of rotatable bonds is 10. The Kier molecular flexibility index (Phi) is 11.4. The number of methoxy groups -OCH3 is 1. The van der Waals surface area contributed by atoms with Crippen LogP contribution in [-0.2, 0) is 23.9 Å². The summed E-state index contributed by atoms with van der Waals surface area (Å²) < 4.78 is 10.5. The van der Waals surface area contributed by atoms with E-state index in [2.05, 4.69) is 10.6 Å². The number of hydrogen-bond acceptors (Lipinski definition) is 8. The third-order valence-corrected chi connectivity index (χ3v) is 5.72. The predicted octanol–water partition coefficient (Wildman–Crippen LogP) is 0.706. The standard InChI is InChI=1S/C27H38N2O8/c1-27(2,3)15-14-20(30)22(32)23(33)24(36-4)26(35)29-19-12-11-18(16-28-25(19)34)37-21(31)13-10-17-8-6-5-7-9-17/h5-10,13-15,18-20,22-24,30,32-33H,11-12,16H2,1-4H3,(H,28,34)(H,29,35)/b13-10?,15-14+/t18-,19+,20-,22+,23-,24-/m1/s1. The molecule has 6 atom stereocenters. The van der Waals surface area contributed by atoms with Gasteiger partial charge in [0.15, 0.2) is 6.10 Å². The largest absolute Gasteiger partial charge is 0.457 e. The lowest BCUT2D eigenvalue weighted by atomic mass is 9.94. The molecule has 0 unspecified atom stereocenters. The van der Waals surface area contributed by atoms with Crippen LogP contribution < -0.4 is 10.6 Å². The summed E-state index contributed by atoms with van der Waals surface area (Å²) in [5.74, 6) is -1.87. The number of aliphatic hydroxyl groups excluding tert-OH is 3. The minimum absolute atomic E-state index is 0.0808. The molecule has 0 saturated carbocycles. The van der Waals surface area contributed by atoms with Crippen molar-refractivity contribution in [1.82, 2.24) is 10.6 Å². The van der Waals surface area contributed by atoms with E-state index in [1.165, 1.54) is 19.3 Å². The van der Waals surface area contributed by atoms with E-state index >= 15 is 0 Å². The molecular formula is C27H38N2O8. The highest BCUT2D eigenvalue weighted by atomic mass is 16.5. The molecule has 5 N–H and O–H groups in total. The van der Waals surface area contributed by atoms with Crippen molar-refractivity contribution < 1.29 is 39.2 Å². The van der Waals surface area contributed by atoms with Crippen LogP contribution in [0, 0.1) is 5.41 Å². The third-order valence-electron chi connectivity index (χ3n) is 5.72. The summed E-state index contributed by atoms with van der Waals surface area (Å²) in [6, 6.07) is 8.28. The Hall–Kier alpha value is -3.05. The molecule has 1 aliphatic heterocycles. The number of carbonyl (C=O) groups excluding carboxylic acids is 3. The smallest absolute Gasteiger partial charge is 0.331 e. The minimum atomic E-state index is -1.76. The molecule has 0 aliphatic carbocycles. The molecule has 204 valence electrons. The van der Waals surface area contributed by atoms with Gasteiger partial charge < -0.3 is 35.4 Å². The lowest BCUT2D eigenvalue weighted by Gasteiger charge is -2.28. The molecule has 2 amide bonds. The van der Waals surface area contributed by atoms with Crippen molar-refractivity contribution in [3.63, 3.8) is 0 Å². The van der Waals surface area contributed by atoms with Gasteiger partial charge in [0, 0.05) is 13.2 Å². The number of carbonyl (C=O) groups is 3. The number of ether oxygens (including phenoxy) is 2. The van der Waals surface area contributed by atoms with E-state index in [0.29, 0.717) is 6.42 Å². The molecule has 1 saturated heterocycles. The zero-order valence-electron chi connectivity index (χ0n) is 21.7. The van der Waals surface area contributed by atoms with Gasteiger partial charge in [0.05, 0.1) is 6.54 Å². The fraction of sp³-hybridized carbons (Fsp3) is 0.519. The Balaban J connectivity index is 1.93. The first-order chi connectivity index (χ1) is 17.4. The number of aliphatic hydroxyl groups is 3. The normalized spacial score (nSPS) is 22.1. The molecule has 1 heterocycles. The molecule has 1 aliphatic rings. The lowest BCUT2D eigenvalue weighted by molar-refractivity contribution is -0.150. The topological polar surface area (TPSA) is 154 Å². The van der Waals surface area contributed by atoms with Crippen molar-refractivity contribution in [2.24, 2.45) is 5.41 Å². The van der Waals surface area contributed by atoms with E-state index in [1.807, 2.05) is 51.1 Å². The van der Waals surface area contributed by atoms with Gasteiger partial charge in [-0.25, -0.2) is 4.79 Å². The molecule has 2 rings (SSSR count). The van der Waals surface area contributed by atoms with Crippen molar-refractivity contribution >= 4 is 23.9 Å². The molecule has 1 aromatic rings. The number of nitrogens with one attached hydrogen (secondary N) is 2. The minimum Gasteiger partial charge on any atom is -0.457 e. The van der Waals surface area contributed by atoms with Gasteiger partial charge >= 0.3 is 5.97 Å². The highest BCUT2D eigenvalue weighted by Gasteiger charge is 2.37. The van der Waals surface area contributed by atoms with Crippen LogP contribution in [0.3, 0.4) is 0 Å². The zero-order chi connectivity index (χ0) is 27.6. The van der Waals surface area contributed by atoms with Gasteiger partial charge in [0.1, 0.15) is 30.5 Å². The van der Waals surface area contributed by atoms with E-state index < -0.39 is 54.3 Å². The van der Waals surface area contributed by atoms with E-state index in [4.69, 9.17) is 9.47 Å². The molecule has 1 aromatic carbocycles. The van der Waals surface area contributed by atoms with Crippen LogP contribution >= 0.6 is 0 Å². The van der Waals surface area contributed by atoms with Crippen molar-refractivity contribution in [2.45, 2.75) is 70.2 Å². The van der Waals surface area contributed by atoms with Gasteiger partial charge in [-0.2, -0.15) is 0 Å². The van der Waals surface area contributed by atoms with Crippen LogP contribution in [0.4, 0.5) is 0 Å². The molecule has 10 nitrogen and oxygen atoms in total. The molecule has 10 heteroatoms. The van der Waals surface area contributed by atoms with Crippen molar-refractivity contribution in [2.75, 3.05) is 13.7 Å². The van der Waals surface area contributed by atoms with Crippen LogP contribution in [-0.4, -0.2) is 83.3 Å². The fourth-order valence-electron chi connectivity index (χ4n) is 3.63. The number of hydrogen-bond donors (Lipinski definition) is 5. The van der Waals surface area contributed by atoms with Crippen molar-refractivity contribution in [3.8, 4) is 0 Å². The molecule has 0 spiro atoms. The number of esters is 1. The SMILES string of the molecule is CO[C@@H](C(=O)N[C@H]1CC[C@@H](OC(=O)C=Cc2ccccc2)CNC1=O)[C@H](O)[C@@H](O)[C@H](O)/C=C/C(C)(C)C. The van der Waals surface area contributed by atoms with E-state index in [-0.39, 0.29) is 18.4 Å². The Morgan fingerprint density at radius 3 is 2.41 bits per heavy atom. The third kappa shape index (κ3) is 10.1. The van der Waals surface area contributed by atoms with Crippen LogP contribution in [0.2, 0.25) is 0 Å². The number of allylic oxidation sites excluding steroid dienone is 1. The summed E-state index contributed by atoms with van der Waals surface area (Å²) >= 11 is 0. The van der Waals surface area contributed by atoms with Gasteiger partial charge in [-0.1, -0.05) is 63.3 Å². The number of benzene rings is 1. The molecule has 37 heavy (non-hydrogen) atoms. The number of amides is 2. The Morgan fingerprint density at radius 2 is 1.78 bits per heavy atom. The molecule has 1 fully saturated rings. The fourth-order valence-corrected chi connectivity index (χ4v) is 3.63. The Labute approximate surface area is 217 Å². The van der Waals surface area contributed by atoms with E-state index in [1.54, 1.807) is 12.2 Å². The highest BCUT2D eigenvalue weighted by Crippen LogP contribution is 2.17. The van der Waals surface area contributed by atoms with Gasteiger partial charge in [0.25, 0.3) is 5.91 Å². The predicted molar refractivity (Wildman–Crippen MR) is 137 cm³/mol. The highest BCUT2D eigenvalue weighted by molar-refractivity contribution is 5.90. The van der Waals surface area contributed by atoms with Crippen molar-refractivity contribution in [1.29, 1.82) is 0 Å². The second kappa shape index (κ2) is 14.0. The van der Waals surface area contributed by atoms with E-state index in [9.17, 15) is 29.7 Å². The summed E-state index contributed by atoms with van der Waals surface area (Å²) in [5.41, 5.74) is 0.579. The van der Waals surface area contributed by atoms with Crippen LogP contribution in [0.25, 0.3) is 6.08 Å². The maximum atomic E-state index is 12.8. The average molecular weight is 519 g/mol. The van der Waals surface area contributed by atoms with Gasteiger partial charge in [-0.15, -0.1) is 0 Å². The first kappa shape index (κ1) is 30.2. The monoisotopic (exact) mass is 518 g/mol. The second-order valence-corrected chi connectivity index (χ2v) is 10.0. The lowest BCUT2D eigenvalue weighted by Crippen LogP contribution is -2.55. The van der Waals surface area contributed by atoms with Gasteiger partial charge in [-0.05, 0) is 29.9 Å². The summed E-state index contributed by atoms with van der Waals surface area (Å²) in [5, 5.41) is 36.1. The summed E-state index contributed by atoms with van der Waals surface area (Å²) in [6.45, 7) is 5.77. The maximum Gasteiger partial charge on any atom is 0.331 e. The summed E-state index contributed by atoms with van der Waals surface area (Å²) in [4.78, 5) is 37.5. The first-order valence-electron chi connectivity index (χ1n) is 12.2. The molecule has 0 bridgehead atoms. The van der Waals surface area contributed by atoms with Gasteiger partial charge in [-0.3, -0.25) is 9.59 Å². The van der Waals surface area contributed by atoms with Gasteiger partial charge in [0.2, 0.25) is 5.91 Å². The zero-order valence-corrected chi connectivity index (χ0v) is 21.7. The van der Waals surface area contributed by atoms with E-state index in [0.717, 1.165) is 5.56 Å². The second-order valence-electron chi connectivity index (χ2n) is 10.0. The first-order valence-corrected chi connectivity index (χ1v) is 12.2. The quantitative estimate of drug-likeness (QED) is 0.172. The average Bonchev–Trinajstić information content (AvgIpc) is 3.02. The summed E-state index contributed by atoms with van der Waals surface area (Å²) in [7, 11) is 1.17.